The van der Waals surface area contributed by atoms with Gasteiger partial charge in [-0.3, -0.25) is 4.79 Å². The average molecular weight is 254 g/mol. The van der Waals surface area contributed by atoms with E-state index in [1.165, 1.54) is 6.21 Å². The van der Waals surface area contributed by atoms with E-state index in [1.807, 2.05) is 13.0 Å². The van der Waals surface area contributed by atoms with Crippen LogP contribution in [0.2, 0.25) is 0 Å². The zero-order valence-electron chi connectivity index (χ0n) is 10.5. The summed E-state index contributed by atoms with van der Waals surface area (Å²) in [7, 11) is 0. The van der Waals surface area contributed by atoms with Crippen molar-refractivity contribution in [3.63, 3.8) is 0 Å². The van der Waals surface area contributed by atoms with Crippen LogP contribution in [-0.4, -0.2) is 17.2 Å². The number of carbonyl (C=O) groups excluding carboxylic acids is 1. The van der Waals surface area contributed by atoms with Crippen molar-refractivity contribution in [2.45, 2.75) is 6.92 Å². The van der Waals surface area contributed by atoms with Crippen LogP contribution in [-0.2, 0) is 0 Å². The van der Waals surface area contributed by atoms with Gasteiger partial charge in [0.25, 0.3) is 5.91 Å². The number of rotatable bonds is 3. The fourth-order valence-corrected chi connectivity index (χ4v) is 1.59. The number of carbonyl (C=O) groups is 1. The quantitative estimate of drug-likeness (QED) is 0.653. The Hall–Kier alpha value is -2.62. The second kappa shape index (κ2) is 5.82. The van der Waals surface area contributed by atoms with E-state index in [0.29, 0.717) is 11.1 Å². The van der Waals surface area contributed by atoms with Gasteiger partial charge in [-0.2, -0.15) is 5.10 Å². The SMILES string of the molecule is Cc1ccc(O)c(/C=N/NC(=O)c2ccccc2)c1. The van der Waals surface area contributed by atoms with E-state index in [9.17, 15) is 9.90 Å². The molecule has 1 amide bonds. The first-order valence-electron chi connectivity index (χ1n) is 5.85. The number of hydrogen-bond donors (Lipinski definition) is 2. The summed E-state index contributed by atoms with van der Waals surface area (Å²) < 4.78 is 0. The molecule has 0 saturated heterocycles. The molecule has 0 aliphatic carbocycles. The van der Waals surface area contributed by atoms with Crippen molar-refractivity contribution in [1.29, 1.82) is 0 Å². The lowest BCUT2D eigenvalue weighted by atomic mass is 10.1. The number of benzene rings is 2. The fourth-order valence-electron chi connectivity index (χ4n) is 1.59. The van der Waals surface area contributed by atoms with E-state index in [0.717, 1.165) is 5.56 Å². The van der Waals surface area contributed by atoms with Crippen molar-refractivity contribution < 1.29 is 9.90 Å². The lowest BCUT2D eigenvalue weighted by molar-refractivity contribution is 0.0955. The lowest BCUT2D eigenvalue weighted by Crippen LogP contribution is -2.17. The molecule has 0 aliphatic rings. The summed E-state index contributed by atoms with van der Waals surface area (Å²) in [6.07, 6.45) is 1.42. The van der Waals surface area contributed by atoms with Gasteiger partial charge in [-0.25, -0.2) is 5.43 Å². The van der Waals surface area contributed by atoms with Gasteiger partial charge in [0.05, 0.1) is 6.21 Å². The van der Waals surface area contributed by atoms with Crippen molar-refractivity contribution in [1.82, 2.24) is 5.43 Å². The van der Waals surface area contributed by atoms with Crippen molar-refractivity contribution in [3.05, 3.63) is 65.2 Å². The summed E-state index contributed by atoms with van der Waals surface area (Å²) in [4.78, 5) is 11.7. The molecular formula is C15H14N2O2. The molecule has 4 nitrogen and oxygen atoms in total. The molecule has 0 radical (unpaired) electrons. The Labute approximate surface area is 111 Å². The third-order valence-electron chi connectivity index (χ3n) is 2.59. The molecule has 0 atom stereocenters. The molecule has 2 N–H and O–H groups in total. The van der Waals surface area contributed by atoms with Gasteiger partial charge in [-0.1, -0.05) is 29.8 Å². The summed E-state index contributed by atoms with van der Waals surface area (Å²) in [6.45, 7) is 1.92. The summed E-state index contributed by atoms with van der Waals surface area (Å²) in [5, 5.41) is 13.4. The Morgan fingerprint density at radius 3 is 2.68 bits per heavy atom. The number of nitrogens with zero attached hydrogens (tertiary/aromatic N) is 1. The standard InChI is InChI=1S/C15H14N2O2/c1-11-7-8-14(18)13(9-11)10-16-17-15(19)12-5-3-2-4-6-12/h2-10,18H,1H3,(H,17,19)/b16-10+. The van der Waals surface area contributed by atoms with Crippen LogP contribution in [0, 0.1) is 6.92 Å². The monoisotopic (exact) mass is 254 g/mol. The summed E-state index contributed by atoms with van der Waals surface area (Å²) in [6, 6.07) is 14.0. The molecule has 0 bridgehead atoms. The number of phenols is 1. The van der Waals surface area contributed by atoms with Crippen molar-refractivity contribution >= 4 is 12.1 Å². The smallest absolute Gasteiger partial charge is 0.271 e. The van der Waals surface area contributed by atoms with Gasteiger partial charge < -0.3 is 5.11 Å². The van der Waals surface area contributed by atoms with E-state index < -0.39 is 0 Å². The molecule has 2 aromatic rings. The number of phenolic OH excluding ortho intramolecular Hbond substituents is 1. The summed E-state index contributed by atoms with van der Waals surface area (Å²) in [5.74, 6) is -0.160. The maximum absolute atomic E-state index is 11.7. The van der Waals surface area contributed by atoms with E-state index in [2.05, 4.69) is 10.5 Å². The van der Waals surface area contributed by atoms with Gasteiger partial charge in [0.2, 0.25) is 0 Å². The topological polar surface area (TPSA) is 61.7 Å². The maximum atomic E-state index is 11.7. The minimum atomic E-state index is -0.288. The molecule has 0 aromatic heterocycles. The third kappa shape index (κ3) is 3.42. The molecule has 4 heteroatoms. The molecule has 0 saturated carbocycles. The molecule has 2 aromatic carbocycles. The summed E-state index contributed by atoms with van der Waals surface area (Å²) in [5.41, 5.74) is 4.52. The maximum Gasteiger partial charge on any atom is 0.271 e. The zero-order valence-corrected chi connectivity index (χ0v) is 10.5. The van der Waals surface area contributed by atoms with Gasteiger partial charge in [-0.15, -0.1) is 0 Å². The largest absolute Gasteiger partial charge is 0.507 e. The first kappa shape index (κ1) is 12.8. The average Bonchev–Trinajstić information content (AvgIpc) is 2.43. The van der Waals surface area contributed by atoms with Crippen LogP contribution in [0.4, 0.5) is 0 Å². The van der Waals surface area contributed by atoms with Crippen LogP contribution in [0.1, 0.15) is 21.5 Å². The molecule has 96 valence electrons. The Bertz CT molecular complexity index is 607. The number of hydrazone groups is 1. The highest BCUT2D eigenvalue weighted by molar-refractivity contribution is 5.95. The molecule has 19 heavy (non-hydrogen) atoms. The number of nitrogens with one attached hydrogen (secondary N) is 1. The highest BCUT2D eigenvalue weighted by atomic mass is 16.3. The zero-order chi connectivity index (χ0) is 13.7. The van der Waals surface area contributed by atoms with Crippen LogP contribution in [0.25, 0.3) is 0 Å². The van der Waals surface area contributed by atoms with Crippen LogP contribution in [0.3, 0.4) is 0 Å². The normalized spacial score (nSPS) is 10.6. The van der Waals surface area contributed by atoms with Crippen molar-refractivity contribution in [2.24, 2.45) is 5.10 Å². The molecule has 0 spiro atoms. The predicted octanol–water partition coefficient (Wildman–Crippen LogP) is 2.46. The number of hydrogen-bond acceptors (Lipinski definition) is 3. The highest BCUT2D eigenvalue weighted by Gasteiger charge is 2.02. The first-order valence-corrected chi connectivity index (χ1v) is 5.85. The number of aryl methyl sites for hydroxylation is 1. The number of amides is 1. The highest BCUT2D eigenvalue weighted by Crippen LogP contribution is 2.15. The molecule has 0 aliphatic heterocycles. The van der Waals surface area contributed by atoms with Crippen LogP contribution >= 0.6 is 0 Å². The summed E-state index contributed by atoms with van der Waals surface area (Å²) >= 11 is 0. The minimum absolute atomic E-state index is 0.128. The van der Waals surface area contributed by atoms with Gasteiger partial charge in [-0.05, 0) is 31.2 Å². The molecular weight excluding hydrogens is 240 g/mol. The minimum Gasteiger partial charge on any atom is -0.507 e. The van der Waals surface area contributed by atoms with Crippen molar-refractivity contribution in [2.75, 3.05) is 0 Å². The van der Waals surface area contributed by atoms with Crippen molar-refractivity contribution in [3.8, 4) is 5.75 Å². The van der Waals surface area contributed by atoms with Crippen LogP contribution in [0.15, 0.2) is 53.6 Å². The second-order valence-corrected chi connectivity index (χ2v) is 4.13. The molecule has 0 unspecified atom stereocenters. The molecule has 0 fully saturated rings. The van der Waals surface area contributed by atoms with E-state index in [4.69, 9.17) is 0 Å². The van der Waals surface area contributed by atoms with E-state index >= 15 is 0 Å². The van der Waals surface area contributed by atoms with Gasteiger partial charge >= 0.3 is 0 Å². The van der Waals surface area contributed by atoms with Crippen LogP contribution in [0.5, 0.6) is 5.75 Å². The lowest BCUT2D eigenvalue weighted by Gasteiger charge is -2.01. The van der Waals surface area contributed by atoms with Gasteiger partial charge in [0, 0.05) is 11.1 Å². The number of aromatic hydroxyl groups is 1. The first-order chi connectivity index (χ1) is 9.16. The van der Waals surface area contributed by atoms with Crippen LogP contribution < -0.4 is 5.43 Å². The Morgan fingerprint density at radius 2 is 1.95 bits per heavy atom. The second-order valence-electron chi connectivity index (χ2n) is 4.13. The Morgan fingerprint density at radius 1 is 1.21 bits per heavy atom. The van der Waals surface area contributed by atoms with E-state index in [-0.39, 0.29) is 11.7 Å². The molecule has 2 rings (SSSR count). The fraction of sp³-hybridized carbons (Fsp3) is 0.0667. The third-order valence-corrected chi connectivity index (χ3v) is 2.59. The predicted molar refractivity (Wildman–Crippen MR) is 74.3 cm³/mol. The molecule has 0 heterocycles. The Kier molecular flexibility index (Phi) is 3.93. The Balaban J connectivity index is 2.04. The van der Waals surface area contributed by atoms with E-state index in [1.54, 1.807) is 42.5 Å². The van der Waals surface area contributed by atoms with Gasteiger partial charge in [0.15, 0.2) is 0 Å². The van der Waals surface area contributed by atoms with Gasteiger partial charge in [0.1, 0.15) is 5.75 Å².